The summed E-state index contributed by atoms with van der Waals surface area (Å²) in [6.45, 7) is 0.524. The van der Waals surface area contributed by atoms with Crippen LogP contribution in [0.15, 0.2) is 44.3 Å². The summed E-state index contributed by atoms with van der Waals surface area (Å²) >= 11 is 9.12. The summed E-state index contributed by atoms with van der Waals surface area (Å²) in [5.74, 6) is 1.01. The molecule has 0 saturated heterocycles. The lowest BCUT2D eigenvalue weighted by Gasteiger charge is -2.07. The third-order valence-electron chi connectivity index (χ3n) is 3.30. The lowest BCUT2D eigenvalue weighted by Crippen LogP contribution is -2.21. The highest BCUT2D eigenvalue weighted by Gasteiger charge is 2.10. The molecule has 9 heteroatoms. The number of nitrogens with one attached hydrogen (secondary N) is 1. The van der Waals surface area contributed by atoms with Crippen LogP contribution >= 0.6 is 27.5 Å². The lowest BCUT2D eigenvalue weighted by molar-refractivity contribution is 0.381. The number of hydrogen-bond acceptors (Lipinski definition) is 6. The van der Waals surface area contributed by atoms with Crippen LogP contribution in [0.4, 0.5) is 5.69 Å². The van der Waals surface area contributed by atoms with E-state index in [9.17, 15) is 4.79 Å². The number of benzene rings is 1. The van der Waals surface area contributed by atoms with Gasteiger partial charge >= 0.3 is 0 Å². The molecule has 0 radical (unpaired) electrons. The molecule has 0 atom stereocenters. The van der Waals surface area contributed by atoms with E-state index < -0.39 is 0 Å². The molecule has 0 unspecified atom stereocenters. The van der Waals surface area contributed by atoms with Gasteiger partial charge in [-0.2, -0.15) is 10.1 Å². The van der Waals surface area contributed by atoms with Crippen molar-refractivity contribution < 1.29 is 4.52 Å². The minimum absolute atomic E-state index is 0.206. The highest BCUT2D eigenvalue weighted by atomic mass is 79.9. The van der Waals surface area contributed by atoms with E-state index in [1.165, 1.54) is 4.68 Å². The number of hydrogen-bond donors (Lipinski definition) is 1. The molecule has 0 aliphatic rings. The number of aryl methyl sites for hydroxylation is 1. The molecular formula is C15H13BrClN5O2. The summed E-state index contributed by atoms with van der Waals surface area (Å²) in [5.41, 5.74) is 1.25. The standard InChI is InChI=1S/C15H13BrClN5O2/c1-22-15(23)13(16)11(8-19-22)18-7-6-12-20-14(21-24-12)9-2-4-10(17)5-3-9/h2-5,8,18H,6-7H2,1H3. The molecule has 1 aromatic carbocycles. The quantitative estimate of drug-likeness (QED) is 0.696. The second-order valence-corrected chi connectivity index (χ2v) is 6.23. The van der Waals surface area contributed by atoms with E-state index in [0.29, 0.717) is 39.9 Å². The van der Waals surface area contributed by atoms with E-state index in [1.54, 1.807) is 25.4 Å². The van der Waals surface area contributed by atoms with Gasteiger partial charge in [0.05, 0.1) is 11.9 Å². The summed E-state index contributed by atoms with van der Waals surface area (Å²) in [7, 11) is 1.59. The topological polar surface area (TPSA) is 85.8 Å². The predicted octanol–water partition coefficient (Wildman–Crippen LogP) is 2.90. The van der Waals surface area contributed by atoms with Crippen LogP contribution in [0.3, 0.4) is 0 Å². The number of halogens is 2. The van der Waals surface area contributed by atoms with E-state index in [0.717, 1.165) is 5.56 Å². The summed E-state index contributed by atoms with van der Waals surface area (Å²) in [6.07, 6.45) is 2.10. The average molecular weight is 411 g/mol. The fraction of sp³-hybridized carbons (Fsp3) is 0.200. The second kappa shape index (κ2) is 7.14. The smallest absolute Gasteiger partial charge is 0.282 e. The minimum atomic E-state index is -0.206. The van der Waals surface area contributed by atoms with Crippen molar-refractivity contribution in [1.29, 1.82) is 0 Å². The SMILES string of the molecule is Cn1ncc(NCCc2nc(-c3ccc(Cl)cc3)no2)c(Br)c1=O. The summed E-state index contributed by atoms with van der Waals surface area (Å²) in [5, 5.41) is 11.7. The van der Waals surface area contributed by atoms with Crippen molar-refractivity contribution in [1.82, 2.24) is 19.9 Å². The fourth-order valence-electron chi connectivity index (χ4n) is 2.01. The van der Waals surface area contributed by atoms with Crippen molar-refractivity contribution in [3.8, 4) is 11.4 Å². The van der Waals surface area contributed by atoms with Gasteiger partial charge in [0.15, 0.2) is 0 Å². The molecule has 0 fully saturated rings. The zero-order valence-electron chi connectivity index (χ0n) is 12.7. The molecule has 0 bridgehead atoms. The maximum absolute atomic E-state index is 11.8. The predicted molar refractivity (Wildman–Crippen MR) is 94.1 cm³/mol. The molecule has 0 aliphatic carbocycles. The molecule has 3 aromatic rings. The van der Waals surface area contributed by atoms with Crippen LogP contribution < -0.4 is 10.9 Å². The molecular weight excluding hydrogens is 398 g/mol. The van der Waals surface area contributed by atoms with Crippen LogP contribution in [0.1, 0.15) is 5.89 Å². The number of nitrogens with zero attached hydrogens (tertiary/aromatic N) is 4. The highest BCUT2D eigenvalue weighted by Crippen LogP contribution is 2.19. The molecule has 2 aromatic heterocycles. The maximum Gasteiger partial charge on any atom is 0.282 e. The Morgan fingerprint density at radius 3 is 2.83 bits per heavy atom. The van der Waals surface area contributed by atoms with Crippen LogP contribution in [-0.2, 0) is 13.5 Å². The Kier molecular flexibility index (Phi) is 4.96. The monoisotopic (exact) mass is 409 g/mol. The fourth-order valence-corrected chi connectivity index (χ4v) is 2.64. The van der Waals surface area contributed by atoms with Crippen molar-refractivity contribution in [3.05, 3.63) is 56.2 Å². The molecule has 124 valence electrons. The first-order chi connectivity index (χ1) is 11.5. The molecule has 7 nitrogen and oxygen atoms in total. The van der Waals surface area contributed by atoms with Crippen LogP contribution in [0.5, 0.6) is 0 Å². The van der Waals surface area contributed by atoms with Gasteiger partial charge in [-0.05, 0) is 40.2 Å². The van der Waals surface area contributed by atoms with Crippen LogP contribution in [0.2, 0.25) is 5.02 Å². The maximum atomic E-state index is 11.8. The largest absolute Gasteiger partial charge is 0.382 e. The van der Waals surface area contributed by atoms with Gasteiger partial charge in [-0.1, -0.05) is 16.8 Å². The number of rotatable bonds is 5. The zero-order chi connectivity index (χ0) is 17.1. The Balaban J connectivity index is 1.63. The van der Waals surface area contributed by atoms with Crippen molar-refractivity contribution in [2.24, 2.45) is 7.05 Å². The summed E-state index contributed by atoms with van der Waals surface area (Å²) in [4.78, 5) is 16.1. The molecule has 24 heavy (non-hydrogen) atoms. The van der Waals surface area contributed by atoms with E-state index in [2.05, 4.69) is 36.5 Å². The first-order valence-electron chi connectivity index (χ1n) is 7.09. The molecule has 0 aliphatic heterocycles. The number of anilines is 1. The van der Waals surface area contributed by atoms with Crippen molar-refractivity contribution in [2.75, 3.05) is 11.9 Å². The van der Waals surface area contributed by atoms with Gasteiger partial charge in [-0.3, -0.25) is 4.79 Å². The highest BCUT2D eigenvalue weighted by molar-refractivity contribution is 9.10. The molecule has 0 saturated carbocycles. The Hall–Kier alpha value is -2.19. The zero-order valence-corrected chi connectivity index (χ0v) is 15.0. The summed E-state index contributed by atoms with van der Waals surface area (Å²) in [6, 6.07) is 7.21. The normalized spacial score (nSPS) is 10.8. The second-order valence-electron chi connectivity index (χ2n) is 5.00. The van der Waals surface area contributed by atoms with Gasteiger partial charge in [0.25, 0.3) is 5.56 Å². The van der Waals surface area contributed by atoms with Crippen molar-refractivity contribution in [2.45, 2.75) is 6.42 Å². The summed E-state index contributed by atoms with van der Waals surface area (Å²) < 4.78 is 6.93. The van der Waals surface area contributed by atoms with E-state index in [1.807, 2.05) is 12.1 Å². The van der Waals surface area contributed by atoms with Gasteiger partial charge in [-0.15, -0.1) is 0 Å². The molecule has 1 N–H and O–H groups in total. The van der Waals surface area contributed by atoms with Crippen molar-refractivity contribution in [3.63, 3.8) is 0 Å². The number of aromatic nitrogens is 4. The van der Waals surface area contributed by atoms with Crippen LogP contribution in [0, 0.1) is 0 Å². The third-order valence-corrected chi connectivity index (χ3v) is 4.32. The Bertz CT molecular complexity index is 907. The van der Waals surface area contributed by atoms with Gasteiger partial charge < -0.3 is 9.84 Å². The van der Waals surface area contributed by atoms with Gasteiger partial charge in [0, 0.05) is 30.6 Å². The van der Waals surface area contributed by atoms with Crippen molar-refractivity contribution >= 4 is 33.2 Å². The molecule has 3 rings (SSSR count). The van der Waals surface area contributed by atoms with Crippen LogP contribution in [-0.4, -0.2) is 26.5 Å². The van der Waals surface area contributed by atoms with Gasteiger partial charge in [0.1, 0.15) is 4.47 Å². The first kappa shape index (κ1) is 16.7. The Labute approximate surface area is 150 Å². The molecule has 2 heterocycles. The molecule has 0 amide bonds. The van der Waals surface area contributed by atoms with Crippen LogP contribution in [0.25, 0.3) is 11.4 Å². The Morgan fingerprint density at radius 2 is 2.08 bits per heavy atom. The Morgan fingerprint density at radius 1 is 1.33 bits per heavy atom. The van der Waals surface area contributed by atoms with E-state index in [4.69, 9.17) is 16.1 Å². The molecule has 0 spiro atoms. The first-order valence-corrected chi connectivity index (χ1v) is 8.26. The third kappa shape index (κ3) is 3.65. The minimum Gasteiger partial charge on any atom is -0.382 e. The van der Waals surface area contributed by atoms with E-state index >= 15 is 0 Å². The van der Waals surface area contributed by atoms with Gasteiger partial charge in [0.2, 0.25) is 11.7 Å². The van der Waals surface area contributed by atoms with Gasteiger partial charge in [-0.25, -0.2) is 4.68 Å². The average Bonchev–Trinajstić information content (AvgIpc) is 3.04. The van der Waals surface area contributed by atoms with E-state index in [-0.39, 0.29) is 5.56 Å². The lowest BCUT2D eigenvalue weighted by atomic mass is 10.2.